The Hall–Kier alpha value is -0.340. The van der Waals surface area contributed by atoms with Gasteiger partial charge in [-0.1, -0.05) is 0 Å². The Kier molecular flexibility index (Phi) is 15.5. The van der Waals surface area contributed by atoms with Crippen molar-refractivity contribution in [3.8, 4) is 0 Å². The molecular weight excluding hydrogens is 862 g/mol. The van der Waals surface area contributed by atoms with Crippen molar-refractivity contribution >= 4 is 73.4 Å². The minimum absolute atomic E-state index is 1.08. The number of unbranched alkanes of at least 4 members (excludes halogenated alkanes) is 3. The molecule has 0 nitrogen and oxygen atoms in total. The Bertz CT molecular complexity index is 1220. The summed E-state index contributed by atoms with van der Waals surface area (Å²) in [7, 11) is 0. The van der Waals surface area contributed by atoms with Gasteiger partial charge in [-0.3, -0.25) is 0 Å². The molecule has 0 aliphatic carbocycles. The summed E-state index contributed by atoms with van der Waals surface area (Å²) in [6, 6.07) is 45.2. The maximum absolute atomic E-state index is 4.76. The Balaban J connectivity index is 1.65. The monoisotopic (exact) mass is 910 g/mol. The molecule has 250 valence electrons. The molecule has 0 unspecified atom stereocenters. The van der Waals surface area contributed by atoms with E-state index in [9.17, 15) is 0 Å². The van der Waals surface area contributed by atoms with E-state index in [0.717, 1.165) is 10.7 Å². The third-order valence-corrected chi connectivity index (χ3v) is 28.3. The van der Waals surface area contributed by atoms with Crippen LogP contribution in [-0.2, 0) is 24.6 Å². The molecule has 6 heteroatoms. The molecule has 0 atom stereocenters. The van der Waals surface area contributed by atoms with Gasteiger partial charge in [-0.25, -0.2) is 0 Å². The number of benzene rings is 4. The second kappa shape index (κ2) is 18.6. The fourth-order valence-electron chi connectivity index (χ4n) is 7.34. The van der Waals surface area contributed by atoms with Gasteiger partial charge in [-0.05, 0) is 0 Å². The molecule has 4 aromatic carbocycles. The zero-order chi connectivity index (χ0) is 32.7. The van der Waals surface area contributed by atoms with Gasteiger partial charge in [-0.2, -0.15) is 0 Å². The van der Waals surface area contributed by atoms with Crippen LogP contribution in [0.5, 0.6) is 0 Å². The summed E-state index contributed by atoms with van der Waals surface area (Å²) in [5.74, 6) is 0. The van der Waals surface area contributed by atoms with Crippen molar-refractivity contribution < 1.29 is 0 Å². The maximum atomic E-state index is 4.76. The van der Waals surface area contributed by atoms with Gasteiger partial charge in [0.25, 0.3) is 0 Å². The summed E-state index contributed by atoms with van der Waals surface area (Å²) in [6.45, 7) is 0. The number of alkyl halides is 2. The predicted octanol–water partition coefficient (Wildman–Crippen LogP) is 14.6. The fourth-order valence-corrected chi connectivity index (χ4v) is 25.1. The van der Waals surface area contributed by atoms with E-state index < -0.39 is 10.6 Å². The Morgan fingerprint density at radius 3 is 0.761 bits per heavy atom. The number of rotatable bonds is 21. The zero-order valence-electron chi connectivity index (χ0n) is 27.3. The van der Waals surface area contributed by atoms with Crippen LogP contribution in [0.2, 0.25) is 0 Å². The topological polar surface area (TPSA) is 0 Å². The summed E-state index contributed by atoms with van der Waals surface area (Å²) < 4.78 is 0. The molecule has 0 radical (unpaired) electrons. The van der Waals surface area contributed by atoms with E-state index >= 15 is 0 Å². The zero-order valence-corrected chi connectivity index (χ0v) is 35.4. The summed E-state index contributed by atoms with van der Waals surface area (Å²) in [4.78, 5) is 0. The summed E-state index contributed by atoms with van der Waals surface area (Å²) in [5, 5.41) is -2.52. The van der Waals surface area contributed by atoms with Gasteiger partial charge in [0, 0.05) is 0 Å². The molecule has 0 aliphatic heterocycles. The van der Waals surface area contributed by atoms with Gasteiger partial charge in [0.1, 0.15) is 0 Å². The molecule has 0 spiro atoms. The van der Waals surface area contributed by atoms with E-state index in [1.807, 2.05) is 0 Å². The first-order chi connectivity index (χ1) is 22.2. The van der Waals surface area contributed by atoms with Gasteiger partial charge in [0.15, 0.2) is 0 Å². The van der Waals surface area contributed by atoms with Crippen LogP contribution in [0.15, 0.2) is 121 Å². The molecule has 4 aromatic rings. The van der Waals surface area contributed by atoms with Gasteiger partial charge in [0.2, 0.25) is 0 Å². The van der Waals surface area contributed by atoms with Crippen LogP contribution in [0.25, 0.3) is 0 Å². The molecule has 4 rings (SSSR count). The molecular formula is C40H52Br4P2. The molecule has 0 N–H and O–H groups in total. The molecule has 46 heavy (non-hydrogen) atoms. The van der Waals surface area contributed by atoms with E-state index in [1.54, 1.807) is 0 Å². The van der Waals surface area contributed by atoms with Gasteiger partial charge in [-0.15, -0.1) is 0 Å². The standard InChI is InChI=1S/C40H52Br4P2/c41-27-13-15-29-45(43,33-37-19-5-1-6-20-37,34-38-21-7-2-8-22-38)31-17-18-32-46(44,30-16-14-28-42,35-39-23-9-3-10-24-39)36-40-25-11-4-12-26-40/h1-12,19-26H,13-18,27-36H2. The van der Waals surface area contributed by atoms with Crippen molar-refractivity contribution in [1.29, 1.82) is 0 Å². The fraction of sp³-hybridized carbons (Fsp3) is 0.400. The van der Waals surface area contributed by atoms with Crippen LogP contribution < -0.4 is 0 Å². The van der Waals surface area contributed by atoms with E-state index in [0.29, 0.717) is 0 Å². The number of hydrogen-bond acceptors (Lipinski definition) is 0. The van der Waals surface area contributed by atoms with Crippen molar-refractivity contribution in [3.63, 3.8) is 0 Å². The van der Waals surface area contributed by atoms with E-state index in [2.05, 4.69) is 153 Å². The molecule has 0 bridgehead atoms. The van der Waals surface area contributed by atoms with Gasteiger partial charge < -0.3 is 0 Å². The third kappa shape index (κ3) is 12.2. The molecule has 0 aromatic heterocycles. The first-order valence-corrected chi connectivity index (χ1v) is 29.2. The van der Waals surface area contributed by atoms with Gasteiger partial charge in [0.05, 0.1) is 0 Å². The van der Waals surface area contributed by atoms with Crippen LogP contribution >= 0.6 is 73.4 Å². The Labute approximate surface area is 312 Å². The first kappa shape index (κ1) is 38.5. The second-order valence-corrected chi connectivity index (χ2v) is 37.6. The summed E-state index contributed by atoms with van der Waals surface area (Å²) in [5.41, 5.74) is 5.93. The Morgan fingerprint density at radius 1 is 0.326 bits per heavy atom. The van der Waals surface area contributed by atoms with Crippen molar-refractivity contribution in [2.45, 2.75) is 63.2 Å². The van der Waals surface area contributed by atoms with Crippen LogP contribution in [0.3, 0.4) is 0 Å². The molecule has 0 heterocycles. The van der Waals surface area contributed by atoms with Crippen molar-refractivity contribution in [1.82, 2.24) is 0 Å². The summed E-state index contributed by atoms with van der Waals surface area (Å²) >= 11 is 17.0. The minimum atomic E-state index is -2.34. The quantitative estimate of drug-likeness (QED) is 0.0444. The molecule has 0 fully saturated rings. The number of hydrogen-bond donors (Lipinski definition) is 0. The van der Waals surface area contributed by atoms with E-state index in [1.165, 1.54) is 110 Å². The number of halogens is 4. The summed E-state index contributed by atoms with van der Waals surface area (Å²) in [6.07, 6.45) is 17.3. The van der Waals surface area contributed by atoms with Crippen LogP contribution in [-0.4, -0.2) is 35.3 Å². The average Bonchev–Trinajstić information content (AvgIpc) is 3.05. The van der Waals surface area contributed by atoms with Crippen LogP contribution in [0.4, 0.5) is 0 Å². The van der Waals surface area contributed by atoms with Gasteiger partial charge >= 0.3 is 316 Å². The van der Waals surface area contributed by atoms with Crippen LogP contribution in [0.1, 0.15) is 60.8 Å². The van der Waals surface area contributed by atoms with E-state index in [-0.39, 0.29) is 0 Å². The molecule has 0 saturated heterocycles. The molecule has 0 amide bonds. The normalized spacial score (nSPS) is 13.8. The van der Waals surface area contributed by atoms with E-state index in [4.69, 9.17) is 31.0 Å². The van der Waals surface area contributed by atoms with Crippen LogP contribution in [0, 0.1) is 0 Å². The predicted molar refractivity (Wildman–Crippen MR) is 227 cm³/mol. The van der Waals surface area contributed by atoms with Crippen molar-refractivity contribution in [2.75, 3.05) is 35.3 Å². The SMILES string of the molecule is BrCCCCP(Br)(CCCCP(Br)(CCCCBr)(Cc1ccccc1)Cc1ccccc1)(Cc1ccccc1)Cc1ccccc1. The Morgan fingerprint density at radius 2 is 0.543 bits per heavy atom. The van der Waals surface area contributed by atoms with Crippen molar-refractivity contribution in [2.24, 2.45) is 0 Å². The average molecular weight is 914 g/mol. The molecule has 0 aliphatic rings. The molecule has 0 saturated carbocycles. The van der Waals surface area contributed by atoms with Crippen molar-refractivity contribution in [3.05, 3.63) is 144 Å². The third-order valence-electron chi connectivity index (χ3n) is 9.57. The first-order valence-electron chi connectivity index (χ1n) is 17.0. The second-order valence-electron chi connectivity index (χ2n) is 13.6.